The third-order valence-corrected chi connectivity index (χ3v) is 8.05. The minimum absolute atomic E-state index is 0.649. The molecule has 2 fully saturated rings. The third-order valence-electron chi connectivity index (χ3n) is 6.86. The van der Waals surface area contributed by atoms with E-state index in [2.05, 4.69) is 59.3 Å². The highest BCUT2D eigenvalue weighted by Crippen LogP contribution is 2.44. The molecular weight excluding hydrogens is 374 g/mol. The summed E-state index contributed by atoms with van der Waals surface area (Å²) in [5.41, 5.74) is 4.58. The minimum Gasteiger partial charge on any atom is -0.298 e. The van der Waals surface area contributed by atoms with Crippen molar-refractivity contribution in [3.8, 4) is 11.1 Å². The summed E-state index contributed by atoms with van der Waals surface area (Å²) in [6.45, 7) is 3.68. The van der Waals surface area contributed by atoms with Crippen molar-refractivity contribution in [2.45, 2.75) is 50.6 Å². The van der Waals surface area contributed by atoms with Gasteiger partial charge in [0.1, 0.15) is 0 Å². The number of likely N-dealkylation sites (tertiary alicyclic amines) is 1. The molecule has 3 heterocycles. The zero-order chi connectivity index (χ0) is 19.4. The predicted octanol–water partition coefficient (Wildman–Crippen LogP) is 6.24. The molecule has 1 unspecified atom stereocenters. The maximum atomic E-state index is 4.98. The van der Waals surface area contributed by atoms with Crippen LogP contribution in [0.1, 0.15) is 43.5 Å². The predicted molar refractivity (Wildman–Crippen MR) is 122 cm³/mol. The maximum Gasteiger partial charge on any atom is 0.0970 e. The molecule has 2 aromatic heterocycles. The van der Waals surface area contributed by atoms with Gasteiger partial charge in [0.2, 0.25) is 0 Å². The van der Waals surface area contributed by atoms with Crippen LogP contribution in [0.2, 0.25) is 0 Å². The van der Waals surface area contributed by atoms with Crippen molar-refractivity contribution in [2.24, 2.45) is 0 Å². The molecule has 4 aromatic rings. The Labute approximate surface area is 175 Å². The second-order valence-electron chi connectivity index (χ2n) is 8.70. The van der Waals surface area contributed by atoms with E-state index >= 15 is 0 Å². The topological polar surface area (TPSA) is 29.0 Å². The molecule has 146 valence electrons. The molecule has 1 aliphatic heterocycles. The van der Waals surface area contributed by atoms with Crippen LogP contribution in [-0.4, -0.2) is 33.5 Å². The second-order valence-corrected chi connectivity index (χ2v) is 9.76. The van der Waals surface area contributed by atoms with Crippen molar-refractivity contribution in [1.82, 2.24) is 14.9 Å². The summed E-state index contributed by atoms with van der Waals surface area (Å²) < 4.78 is 1.30. The first kappa shape index (κ1) is 17.5. The van der Waals surface area contributed by atoms with Gasteiger partial charge in [0.05, 0.1) is 20.7 Å². The number of aromatic nitrogens is 2. The standard InChI is InChI=1S/C25H25N3S/c1-16-5-4-10-28(16)21-12-19(13-21)25-27-23-9-8-17(14-24(23)29-25)20-11-18-6-2-3-7-22(18)26-15-20/h2-3,6-9,11,14-16,19,21H,4-5,10,12-13H2,1H3. The van der Waals surface area contributed by atoms with Crippen LogP contribution < -0.4 is 0 Å². The van der Waals surface area contributed by atoms with E-state index in [0.29, 0.717) is 5.92 Å². The summed E-state index contributed by atoms with van der Waals surface area (Å²) in [4.78, 5) is 12.3. The third kappa shape index (κ3) is 3.06. The quantitative estimate of drug-likeness (QED) is 0.408. The highest BCUT2D eigenvalue weighted by molar-refractivity contribution is 7.18. The lowest BCUT2D eigenvalue weighted by atomic mass is 9.79. The summed E-state index contributed by atoms with van der Waals surface area (Å²) in [6.07, 6.45) is 7.29. The van der Waals surface area contributed by atoms with Gasteiger partial charge in [-0.25, -0.2) is 4.98 Å². The molecule has 1 saturated carbocycles. The summed E-state index contributed by atoms with van der Waals surface area (Å²) in [5, 5.41) is 2.52. The molecule has 3 nitrogen and oxygen atoms in total. The van der Waals surface area contributed by atoms with E-state index in [4.69, 9.17) is 4.98 Å². The Hall–Kier alpha value is -2.30. The summed E-state index contributed by atoms with van der Waals surface area (Å²) in [6, 6.07) is 18.7. The number of thiazole rings is 1. The molecule has 2 aliphatic rings. The van der Waals surface area contributed by atoms with Gasteiger partial charge in [-0.2, -0.15) is 0 Å². The monoisotopic (exact) mass is 399 g/mol. The van der Waals surface area contributed by atoms with Gasteiger partial charge in [0.15, 0.2) is 0 Å². The van der Waals surface area contributed by atoms with Crippen molar-refractivity contribution in [1.29, 1.82) is 0 Å². The van der Waals surface area contributed by atoms with E-state index in [-0.39, 0.29) is 0 Å². The summed E-state index contributed by atoms with van der Waals surface area (Å²) in [5.74, 6) is 0.649. The van der Waals surface area contributed by atoms with Crippen molar-refractivity contribution in [3.63, 3.8) is 0 Å². The zero-order valence-electron chi connectivity index (χ0n) is 16.7. The highest BCUT2D eigenvalue weighted by Gasteiger charge is 2.39. The molecule has 29 heavy (non-hydrogen) atoms. The van der Waals surface area contributed by atoms with Crippen LogP contribution in [0.3, 0.4) is 0 Å². The molecular formula is C25H25N3S. The first-order valence-electron chi connectivity index (χ1n) is 10.8. The Morgan fingerprint density at radius 1 is 1.00 bits per heavy atom. The zero-order valence-corrected chi connectivity index (χ0v) is 17.5. The number of hydrogen-bond donors (Lipinski definition) is 0. The van der Waals surface area contributed by atoms with Crippen molar-refractivity contribution in [3.05, 3.63) is 59.7 Å². The number of pyridine rings is 1. The molecule has 4 heteroatoms. The Kier molecular flexibility index (Phi) is 4.17. The molecule has 0 spiro atoms. The van der Waals surface area contributed by atoms with Crippen LogP contribution in [0, 0.1) is 0 Å². The van der Waals surface area contributed by atoms with Gasteiger partial charge >= 0.3 is 0 Å². The largest absolute Gasteiger partial charge is 0.298 e. The lowest BCUT2D eigenvalue weighted by Crippen LogP contribution is -2.45. The van der Waals surface area contributed by atoms with Gasteiger partial charge in [-0.1, -0.05) is 24.3 Å². The Balaban J connectivity index is 1.25. The number of fused-ring (bicyclic) bond motifs is 2. The Morgan fingerprint density at radius 3 is 2.76 bits per heavy atom. The molecule has 0 bridgehead atoms. The molecule has 0 amide bonds. The normalized spacial score (nSPS) is 24.9. The fourth-order valence-corrected chi connectivity index (χ4v) is 6.22. The summed E-state index contributed by atoms with van der Waals surface area (Å²) in [7, 11) is 0. The van der Waals surface area contributed by atoms with Crippen LogP contribution in [0.15, 0.2) is 54.7 Å². The number of nitrogens with zero attached hydrogens (tertiary/aromatic N) is 3. The lowest BCUT2D eigenvalue weighted by Gasteiger charge is -2.42. The van der Waals surface area contributed by atoms with Gasteiger partial charge in [-0.3, -0.25) is 9.88 Å². The SMILES string of the molecule is CC1CCCN1C1CC(c2nc3ccc(-c4cnc5ccccc5c4)cc3s2)C1. The number of para-hydroxylation sites is 1. The van der Waals surface area contributed by atoms with E-state index in [1.807, 2.05) is 23.6 Å². The average Bonchev–Trinajstić information content (AvgIpc) is 3.32. The van der Waals surface area contributed by atoms with Gasteiger partial charge in [0, 0.05) is 35.1 Å². The smallest absolute Gasteiger partial charge is 0.0970 e. The molecule has 1 atom stereocenters. The number of hydrogen-bond acceptors (Lipinski definition) is 4. The molecule has 0 radical (unpaired) electrons. The Morgan fingerprint density at radius 2 is 1.90 bits per heavy atom. The van der Waals surface area contributed by atoms with Crippen LogP contribution in [0.4, 0.5) is 0 Å². The van der Waals surface area contributed by atoms with E-state index in [1.165, 1.54) is 58.4 Å². The summed E-state index contributed by atoms with van der Waals surface area (Å²) >= 11 is 1.89. The van der Waals surface area contributed by atoms with Crippen LogP contribution in [0.5, 0.6) is 0 Å². The molecule has 0 N–H and O–H groups in total. The van der Waals surface area contributed by atoms with Crippen LogP contribution >= 0.6 is 11.3 Å². The fourth-order valence-electron chi connectivity index (χ4n) is 5.08. The van der Waals surface area contributed by atoms with Crippen LogP contribution in [0.25, 0.3) is 32.2 Å². The Bertz CT molecular complexity index is 1190. The minimum atomic E-state index is 0.649. The van der Waals surface area contributed by atoms with E-state index < -0.39 is 0 Å². The number of benzene rings is 2. The first-order valence-corrected chi connectivity index (χ1v) is 11.6. The molecule has 2 aromatic carbocycles. The van der Waals surface area contributed by atoms with E-state index in [9.17, 15) is 0 Å². The molecule has 1 aliphatic carbocycles. The van der Waals surface area contributed by atoms with E-state index in [0.717, 1.165) is 23.1 Å². The van der Waals surface area contributed by atoms with E-state index in [1.54, 1.807) is 0 Å². The van der Waals surface area contributed by atoms with Gasteiger partial charge in [-0.05, 0) is 69.0 Å². The van der Waals surface area contributed by atoms with Crippen molar-refractivity contribution in [2.75, 3.05) is 6.54 Å². The van der Waals surface area contributed by atoms with Crippen LogP contribution in [-0.2, 0) is 0 Å². The van der Waals surface area contributed by atoms with Gasteiger partial charge in [-0.15, -0.1) is 11.3 Å². The van der Waals surface area contributed by atoms with Gasteiger partial charge < -0.3 is 0 Å². The number of rotatable bonds is 3. The van der Waals surface area contributed by atoms with Crippen molar-refractivity contribution >= 4 is 32.5 Å². The highest BCUT2D eigenvalue weighted by atomic mass is 32.1. The fraction of sp³-hybridized carbons (Fsp3) is 0.360. The lowest BCUT2D eigenvalue weighted by molar-refractivity contribution is 0.103. The first-order chi connectivity index (χ1) is 14.2. The molecule has 1 saturated heterocycles. The van der Waals surface area contributed by atoms with Gasteiger partial charge in [0.25, 0.3) is 0 Å². The van der Waals surface area contributed by atoms with Crippen molar-refractivity contribution < 1.29 is 0 Å². The second kappa shape index (κ2) is 6.89. The molecule has 6 rings (SSSR count). The average molecular weight is 400 g/mol. The maximum absolute atomic E-state index is 4.98.